The van der Waals surface area contributed by atoms with Gasteiger partial charge < -0.3 is 9.47 Å². The molecule has 26 heavy (non-hydrogen) atoms. The van der Waals surface area contributed by atoms with Crippen LogP contribution in [-0.2, 0) is 6.54 Å². The summed E-state index contributed by atoms with van der Waals surface area (Å²) in [7, 11) is 1.99. The number of aromatic nitrogens is 1. The van der Waals surface area contributed by atoms with Crippen molar-refractivity contribution in [2.45, 2.75) is 27.3 Å². The fraction of sp³-hybridized carbons (Fsp3) is 0.273. The van der Waals surface area contributed by atoms with Crippen LogP contribution < -0.4 is 0 Å². The third-order valence-electron chi connectivity index (χ3n) is 4.67. The van der Waals surface area contributed by atoms with Crippen molar-refractivity contribution in [2.75, 3.05) is 13.6 Å². The summed E-state index contributed by atoms with van der Waals surface area (Å²) in [5.74, 6) is 0.118. The van der Waals surface area contributed by atoms with Crippen LogP contribution in [0.3, 0.4) is 0 Å². The van der Waals surface area contributed by atoms with Crippen LogP contribution in [0.1, 0.15) is 28.4 Å². The van der Waals surface area contributed by atoms with Crippen molar-refractivity contribution in [3.05, 3.63) is 65.5 Å². The quantitative estimate of drug-likeness (QED) is 0.366. The number of hydrogen-bond acceptors (Lipinski definition) is 2. The number of aryl methyl sites for hydroxylation is 2. The molecule has 0 unspecified atom stereocenters. The minimum Gasteiger partial charge on any atom is -0.366 e. The molecule has 134 valence electrons. The lowest BCUT2D eigenvalue weighted by Crippen LogP contribution is -2.14. The molecule has 3 aromatic rings. The molecule has 1 heterocycles. The van der Waals surface area contributed by atoms with Crippen LogP contribution >= 0.6 is 0 Å². The highest BCUT2D eigenvalue weighted by atomic mass is 16.1. The molecular weight excluding hydrogens is 322 g/mol. The van der Waals surface area contributed by atoms with E-state index in [0.717, 1.165) is 39.7 Å². The van der Waals surface area contributed by atoms with E-state index in [2.05, 4.69) is 24.0 Å². The average molecular weight is 347 g/mol. The van der Waals surface area contributed by atoms with Gasteiger partial charge in [-0.2, -0.15) is 0 Å². The molecule has 4 heteroatoms. The zero-order valence-electron chi connectivity index (χ0n) is 15.9. The van der Waals surface area contributed by atoms with Crippen LogP contribution in [-0.4, -0.2) is 35.2 Å². The van der Waals surface area contributed by atoms with Crippen molar-refractivity contribution in [1.29, 1.82) is 0 Å². The number of carbonyl (C=O) groups excluding carboxylic acids is 1. The normalized spacial score (nSPS) is 11.4. The maximum Gasteiger partial charge on any atom is 0.182 e. The third-order valence-corrected chi connectivity index (χ3v) is 4.67. The number of benzene rings is 2. The van der Waals surface area contributed by atoms with Crippen LogP contribution in [0.2, 0.25) is 0 Å². The molecule has 0 aliphatic heterocycles. The van der Waals surface area contributed by atoms with Gasteiger partial charge in [-0.25, -0.2) is 4.99 Å². The van der Waals surface area contributed by atoms with Gasteiger partial charge in [-0.15, -0.1) is 0 Å². The topological polar surface area (TPSA) is 37.6 Å². The summed E-state index contributed by atoms with van der Waals surface area (Å²) < 4.78 is 1.96. The minimum atomic E-state index is 0.118. The van der Waals surface area contributed by atoms with E-state index in [1.807, 2.05) is 73.4 Å². The first-order valence-corrected chi connectivity index (χ1v) is 8.91. The van der Waals surface area contributed by atoms with E-state index in [-0.39, 0.29) is 5.78 Å². The number of Topliss-reactive ketones (excluding diaryl/α,β-unsaturated/α-hetero) is 1. The highest BCUT2D eigenvalue weighted by Crippen LogP contribution is 2.24. The molecule has 2 aromatic carbocycles. The highest BCUT2D eigenvalue weighted by molar-refractivity contribution is 5.98. The van der Waals surface area contributed by atoms with Gasteiger partial charge in [0.1, 0.15) is 0 Å². The average Bonchev–Trinajstić information content (AvgIpc) is 3.03. The molecule has 4 nitrogen and oxygen atoms in total. The van der Waals surface area contributed by atoms with Crippen LogP contribution in [0.15, 0.2) is 53.8 Å². The molecule has 0 fully saturated rings. The molecule has 0 saturated carbocycles. The number of carbonyl (C=O) groups is 1. The summed E-state index contributed by atoms with van der Waals surface area (Å²) in [5.41, 5.74) is 3.65. The summed E-state index contributed by atoms with van der Waals surface area (Å²) in [6.07, 6.45) is 5.87. The predicted molar refractivity (Wildman–Crippen MR) is 109 cm³/mol. The Bertz CT molecular complexity index is 936. The summed E-state index contributed by atoms with van der Waals surface area (Å²) in [6, 6.07) is 12.1. The van der Waals surface area contributed by atoms with E-state index in [1.54, 1.807) is 0 Å². The van der Waals surface area contributed by atoms with Crippen molar-refractivity contribution in [3.63, 3.8) is 0 Å². The van der Waals surface area contributed by atoms with E-state index in [9.17, 15) is 4.79 Å². The second kappa shape index (κ2) is 7.56. The molecule has 0 saturated heterocycles. The second-order valence-corrected chi connectivity index (χ2v) is 6.75. The number of hydrogen-bond donors (Lipinski definition) is 0. The van der Waals surface area contributed by atoms with Gasteiger partial charge in [0, 0.05) is 31.5 Å². The summed E-state index contributed by atoms with van der Waals surface area (Å²) >= 11 is 0. The molecule has 0 N–H and O–H groups in total. The van der Waals surface area contributed by atoms with E-state index >= 15 is 0 Å². The largest absolute Gasteiger partial charge is 0.366 e. The van der Waals surface area contributed by atoms with Crippen molar-refractivity contribution >= 4 is 28.6 Å². The third kappa shape index (κ3) is 3.85. The van der Waals surface area contributed by atoms with Crippen LogP contribution in [0.5, 0.6) is 0 Å². The Kier molecular flexibility index (Phi) is 5.21. The van der Waals surface area contributed by atoms with E-state index < -0.39 is 0 Å². The van der Waals surface area contributed by atoms with Gasteiger partial charge in [-0.05, 0) is 54.8 Å². The number of fused-ring (bicyclic) bond motifs is 1. The SMILES string of the molecule is CCN(C)C=Nc1cc(C)c(C(=O)Cn2cc3ccccc3c2)cc1C. The molecule has 0 amide bonds. The second-order valence-electron chi connectivity index (χ2n) is 6.75. The standard InChI is InChI=1S/C22H25N3O/c1-5-24(4)15-23-21-11-16(2)20(10-17(21)3)22(26)14-25-12-18-8-6-7-9-19(18)13-25/h6-13,15H,5,14H2,1-4H3. The fourth-order valence-electron chi connectivity index (χ4n) is 2.97. The lowest BCUT2D eigenvalue weighted by atomic mass is 10.0. The monoisotopic (exact) mass is 347 g/mol. The number of nitrogens with zero attached hydrogens (tertiary/aromatic N) is 3. The van der Waals surface area contributed by atoms with Gasteiger partial charge in [-0.1, -0.05) is 24.3 Å². The van der Waals surface area contributed by atoms with Gasteiger partial charge in [0.05, 0.1) is 18.6 Å². The molecule has 0 bridgehead atoms. The first-order valence-electron chi connectivity index (χ1n) is 8.91. The molecule has 0 atom stereocenters. The Balaban J connectivity index is 1.83. The van der Waals surface area contributed by atoms with Crippen LogP contribution in [0.25, 0.3) is 10.8 Å². The van der Waals surface area contributed by atoms with Crippen molar-refractivity contribution in [3.8, 4) is 0 Å². The fourth-order valence-corrected chi connectivity index (χ4v) is 2.97. The number of rotatable bonds is 6. The number of aliphatic imine (C=N–C) groups is 1. The molecule has 3 rings (SSSR count). The van der Waals surface area contributed by atoms with E-state index in [1.165, 1.54) is 0 Å². The Morgan fingerprint density at radius 2 is 1.77 bits per heavy atom. The predicted octanol–water partition coefficient (Wildman–Crippen LogP) is 4.75. The summed E-state index contributed by atoms with van der Waals surface area (Å²) in [6.45, 7) is 7.30. The molecule has 0 aliphatic carbocycles. The van der Waals surface area contributed by atoms with Crippen molar-refractivity contribution in [2.24, 2.45) is 4.99 Å². The highest BCUT2D eigenvalue weighted by Gasteiger charge is 2.13. The first-order chi connectivity index (χ1) is 12.5. The summed E-state index contributed by atoms with van der Waals surface area (Å²) in [5, 5.41) is 2.30. The molecular formula is C22H25N3O. The smallest absolute Gasteiger partial charge is 0.182 e. The van der Waals surface area contributed by atoms with Gasteiger partial charge >= 0.3 is 0 Å². The summed E-state index contributed by atoms with van der Waals surface area (Å²) in [4.78, 5) is 19.4. The van der Waals surface area contributed by atoms with Gasteiger partial charge in [0.25, 0.3) is 0 Å². The van der Waals surface area contributed by atoms with Crippen molar-refractivity contribution in [1.82, 2.24) is 9.47 Å². The van der Waals surface area contributed by atoms with Gasteiger partial charge in [0.15, 0.2) is 5.78 Å². The Labute approximate surface area is 154 Å². The Morgan fingerprint density at radius 1 is 1.12 bits per heavy atom. The molecule has 0 spiro atoms. The minimum absolute atomic E-state index is 0.118. The van der Waals surface area contributed by atoms with Gasteiger partial charge in [0.2, 0.25) is 0 Å². The van der Waals surface area contributed by atoms with E-state index in [4.69, 9.17) is 0 Å². The molecule has 0 radical (unpaired) electrons. The zero-order chi connectivity index (χ0) is 18.7. The Hall–Kier alpha value is -2.88. The van der Waals surface area contributed by atoms with Crippen LogP contribution in [0.4, 0.5) is 5.69 Å². The maximum absolute atomic E-state index is 12.8. The zero-order valence-corrected chi connectivity index (χ0v) is 15.9. The van der Waals surface area contributed by atoms with Gasteiger partial charge in [-0.3, -0.25) is 4.79 Å². The maximum atomic E-state index is 12.8. The lowest BCUT2D eigenvalue weighted by molar-refractivity contribution is 0.0972. The number of ketones is 1. The lowest BCUT2D eigenvalue weighted by Gasteiger charge is -2.11. The van der Waals surface area contributed by atoms with Crippen LogP contribution in [0, 0.1) is 13.8 Å². The van der Waals surface area contributed by atoms with Crippen molar-refractivity contribution < 1.29 is 4.79 Å². The molecule has 0 aliphatic rings. The Morgan fingerprint density at radius 3 is 2.38 bits per heavy atom. The first kappa shape index (κ1) is 17.9. The molecule has 1 aromatic heterocycles. The van der Waals surface area contributed by atoms with E-state index in [0.29, 0.717) is 6.54 Å².